The van der Waals surface area contributed by atoms with Gasteiger partial charge in [-0.05, 0) is 42.4 Å². The van der Waals surface area contributed by atoms with Crippen LogP contribution >= 0.6 is 0 Å². The van der Waals surface area contributed by atoms with Crippen molar-refractivity contribution in [2.45, 2.75) is 72.4 Å². The molecule has 0 aliphatic rings. The quantitative estimate of drug-likeness (QED) is 0.639. The van der Waals surface area contributed by atoms with Gasteiger partial charge in [-0.1, -0.05) is 53.7 Å². The minimum atomic E-state index is -0.726. The van der Waals surface area contributed by atoms with E-state index < -0.39 is 12.1 Å². The van der Waals surface area contributed by atoms with Crippen LogP contribution in [-0.4, -0.2) is 36.3 Å². The third-order valence-corrected chi connectivity index (χ3v) is 4.55. The van der Waals surface area contributed by atoms with Crippen LogP contribution in [0.4, 0.5) is 0 Å². The maximum absolute atomic E-state index is 12.6. The molecule has 1 aromatic carbocycles. The lowest BCUT2D eigenvalue weighted by Crippen LogP contribution is -2.54. The molecule has 0 heterocycles. The van der Waals surface area contributed by atoms with Crippen LogP contribution in [0.3, 0.4) is 0 Å². The first-order valence-electron chi connectivity index (χ1n) is 9.96. The molecule has 1 aromatic rings. The van der Waals surface area contributed by atoms with Gasteiger partial charge in [0.05, 0.1) is 0 Å². The van der Waals surface area contributed by atoms with Gasteiger partial charge in [0.25, 0.3) is 5.91 Å². The number of carbonyl (C=O) groups excluding carboxylic acids is 3. The van der Waals surface area contributed by atoms with Crippen LogP contribution < -0.4 is 16.0 Å². The predicted octanol–water partition coefficient (Wildman–Crippen LogP) is 2.77. The maximum atomic E-state index is 12.6. The molecule has 0 bridgehead atoms. The third kappa shape index (κ3) is 6.98. The Balaban J connectivity index is 2.79. The molecule has 0 aliphatic carbocycles. The Bertz CT molecular complexity index is 675. The molecule has 6 heteroatoms. The molecule has 0 unspecified atom stereocenters. The summed E-state index contributed by atoms with van der Waals surface area (Å²) in [6.07, 6.45) is 0.824. The summed E-state index contributed by atoms with van der Waals surface area (Å²) in [5.74, 6) is -1.03. The molecule has 0 saturated heterocycles. The van der Waals surface area contributed by atoms with E-state index in [1.165, 1.54) is 0 Å². The minimum absolute atomic E-state index is 0.00382. The summed E-state index contributed by atoms with van der Waals surface area (Å²) in [6, 6.07) is 6.01. The Morgan fingerprint density at radius 3 is 1.96 bits per heavy atom. The summed E-state index contributed by atoms with van der Waals surface area (Å²) >= 11 is 0. The van der Waals surface area contributed by atoms with Crippen molar-refractivity contribution in [3.8, 4) is 0 Å². The van der Waals surface area contributed by atoms with Gasteiger partial charge in [-0.15, -0.1) is 0 Å². The molecule has 6 nitrogen and oxygen atoms in total. The highest BCUT2D eigenvalue weighted by Gasteiger charge is 2.27. The number of hydrogen-bond acceptors (Lipinski definition) is 3. The molecule has 0 spiro atoms. The summed E-state index contributed by atoms with van der Waals surface area (Å²) in [5.41, 5.74) is 1.64. The van der Waals surface area contributed by atoms with E-state index >= 15 is 0 Å². The van der Waals surface area contributed by atoms with Gasteiger partial charge in [0.2, 0.25) is 11.8 Å². The van der Waals surface area contributed by atoms with E-state index in [4.69, 9.17) is 0 Å². The van der Waals surface area contributed by atoms with Gasteiger partial charge in [-0.25, -0.2) is 0 Å². The molecular weight excluding hydrogens is 354 g/mol. The smallest absolute Gasteiger partial charge is 0.251 e. The molecule has 156 valence electrons. The average Bonchev–Trinajstić information content (AvgIpc) is 2.62. The fourth-order valence-electron chi connectivity index (χ4n) is 2.65. The van der Waals surface area contributed by atoms with Crippen molar-refractivity contribution in [2.75, 3.05) is 6.54 Å². The van der Waals surface area contributed by atoms with Crippen molar-refractivity contribution in [3.05, 3.63) is 35.4 Å². The lowest BCUT2D eigenvalue weighted by Gasteiger charge is -2.24. The maximum Gasteiger partial charge on any atom is 0.251 e. The number of nitrogens with one attached hydrogen (secondary N) is 3. The number of rotatable bonds is 8. The summed E-state index contributed by atoms with van der Waals surface area (Å²) in [6.45, 7) is 14.2. The Hall–Kier alpha value is -2.37. The zero-order chi connectivity index (χ0) is 21.5. The number of carbonyl (C=O) groups is 3. The average molecular weight is 390 g/mol. The fourth-order valence-corrected chi connectivity index (χ4v) is 2.65. The molecule has 0 saturated carbocycles. The Morgan fingerprint density at radius 1 is 0.929 bits per heavy atom. The van der Waals surface area contributed by atoms with Crippen molar-refractivity contribution in [1.29, 1.82) is 0 Å². The van der Waals surface area contributed by atoms with Crippen molar-refractivity contribution in [2.24, 2.45) is 5.92 Å². The molecule has 28 heavy (non-hydrogen) atoms. The summed E-state index contributed by atoms with van der Waals surface area (Å²) in [4.78, 5) is 37.2. The summed E-state index contributed by atoms with van der Waals surface area (Å²) < 4.78 is 0. The molecule has 0 aromatic heterocycles. The first-order chi connectivity index (χ1) is 13.0. The Morgan fingerprint density at radius 2 is 1.50 bits per heavy atom. The van der Waals surface area contributed by atoms with E-state index in [0.717, 1.165) is 12.0 Å². The van der Waals surface area contributed by atoms with Crippen LogP contribution in [0, 0.1) is 5.92 Å². The molecule has 0 radical (unpaired) electrons. The molecule has 3 amide bonds. The highest BCUT2D eigenvalue weighted by atomic mass is 16.2. The van der Waals surface area contributed by atoms with E-state index in [9.17, 15) is 14.4 Å². The van der Waals surface area contributed by atoms with Gasteiger partial charge >= 0.3 is 0 Å². The first-order valence-corrected chi connectivity index (χ1v) is 9.96. The van der Waals surface area contributed by atoms with Gasteiger partial charge in [-0.2, -0.15) is 0 Å². The van der Waals surface area contributed by atoms with E-state index in [1.54, 1.807) is 19.1 Å². The monoisotopic (exact) mass is 389 g/mol. The van der Waals surface area contributed by atoms with E-state index in [1.807, 2.05) is 32.9 Å². The SMILES string of the molecule is CCCNC(=O)[C@H](C)NC(=O)[C@H](NC(=O)c1ccc(C(C)(C)C)cc1)C(C)C. The standard InChI is InChI=1S/C22H35N3O3/c1-8-13-23-19(26)15(4)24-21(28)18(14(2)3)25-20(27)16-9-11-17(12-10-16)22(5,6)7/h9-12,14-15,18H,8,13H2,1-7H3,(H,23,26)(H,24,28)(H,25,27)/t15-,18+/m0/s1. The Kier molecular flexibility index (Phi) is 8.66. The second-order valence-electron chi connectivity index (χ2n) is 8.54. The lowest BCUT2D eigenvalue weighted by atomic mass is 9.86. The van der Waals surface area contributed by atoms with Gasteiger partial charge in [0.1, 0.15) is 12.1 Å². The van der Waals surface area contributed by atoms with Gasteiger partial charge in [0.15, 0.2) is 0 Å². The van der Waals surface area contributed by atoms with E-state index in [-0.39, 0.29) is 29.1 Å². The topological polar surface area (TPSA) is 87.3 Å². The van der Waals surface area contributed by atoms with Crippen molar-refractivity contribution in [1.82, 2.24) is 16.0 Å². The normalized spacial score (nSPS) is 13.6. The lowest BCUT2D eigenvalue weighted by molar-refractivity contribution is -0.130. The second kappa shape index (κ2) is 10.2. The molecular formula is C22H35N3O3. The minimum Gasteiger partial charge on any atom is -0.354 e. The highest BCUT2D eigenvalue weighted by molar-refractivity contribution is 5.98. The van der Waals surface area contributed by atoms with Gasteiger partial charge < -0.3 is 16.0 Å². The fraction of sp³-hybridized carbons (Fsp3) is 0.591. The highest BCUT2D eigenvalue weighted by Crippen LogP contribution is 2.22. The zero-order valence-corrected chi connectivity index (χ0v) is 18.2. The molecule has 2 atom stereocenters. The molecule has 1 rings (SSSR count). The van der Waals surface area contributed by atoms with Crippen LogP contribution in [0.1, 0.15) is 70.8 Å². The van der Waals surface area contributed by atoms with E-state index in [2.05, 4.69) is 36.7 Å². The van der Waals surface area contributed by atoms with Gasteiger partial charge in [-0.3, -0.25) is 14.4 Å². The number of benzene rings is 1. The zero-order valence-electron chi connectivity index (χ0n) is 18.2. The van der Waals surface area contributed by atoms with Crippen LogP contribution in [-0.2, 0) is 15.0 Å². The first kappa shape index (κ1) is 23.7. The second-order valence-corrected chi connectivity index (χ2v) is 8.54. The van der Waals surface area contributed by atoms with E-state index in [0.29, 0.717) is 12.1 Å². The Labute approximate surface area is 168 Å². The van der Waals surface area contributed by atoms with Crippen molar-refractivity contribution in [3.63, 3.8) is 0 Å². The predicted molar refractivity (Wildman–Crippen MR) is 112 cm³/mol. The number of hydrogen-bond donors (Lipinski definition) is 3. The summed E-state index contributed by atoms with van der Waals surface area (Å²) in [7, 11) is 0. The van der Waals surface area contributed by atoms with Crippen LogP contribution in [0.15, 0.2) is 24.3 Å². The third-order valence-electron chi connectivity index (χ3n) is 4.55. The van der Waals surface area contributed by atoms with Crippen molar-refractivity contribution < 1.29 is 14.4 Å². The molecule has 0 aliphatic heterocycles. The summed E-state index contributed by atoms with van der Waals surface area (Å²) in [5, 5.41) is 8.23. The van der Waals surface area contributed by atoms with Crippen LogP contribution in [0.25, 0.3) is 0 Å². The van der Waals surface area contributed by atoms with Crippen LogP contribution in [0.5, 0.6) is 0 Å². The molecule has 0 fully saturated rings. The molecule has 3 N–H and O–H groups in total. The largest absolute Gasteiger partial charge is 0.354 e. The number of amides is 3. The van der Waals surface area contributed by atoms with Gasteiger partial charge in [0, 0.05) is 12.1 Å². The van der Waals surface area contributed by atoms with Crippen molar-refractivity contribution >= 4 is 17.7 Å². The van der Waals surface area contributed by atoms with Crippen LogP contribution in [0.2, 0.25) is 0 Å².